The van der Waals surface area contributed by atoms with Crippen molar-refractivity contribution in [1.82, 2.24) is 20.0 Å². The molecule has 1 saturated heterocycles. The van der Waals surface area contributed by atoms with E-state index in [1.807, 2.05) is 12.1 Å². The maximum atomic E-state index is 12.1. The first-order chi connectivity index (χ1) is 12.3. The minimum atomic E-state index is -0.510. The summed E-state index contributed by atoms with van der Waals surface area (Å²) in [4.78, 5) is 29.8. The number of nitrogens with one attached hydrogen (secondary N) is 1. The predicted octanol–water partition coefficient (Wildman–Crippen LogP) is 1.70. The van der Waals surface area contributed by atoms with Crippen molar-refractivity contribution in [3.63, 3.8) is 0 Å². The fourth-order valence-corrected chi connectivity index (χ4v) is 3.34. The number of halogens is 2. The Kier molecular flexibility index (Phi) is 7.70. The zero-order valence-electron chi connectivity index (χ0n) is 15.5. The largest absolute Gasteiger partial charge is 0.347 e. The van der Waals surface area contributed by atoms with Crippen LogP contribution in [-0.4, -0.2) is 79.4 Å². The van der Waals surface area contributed by atoms with Crippen molar-refractivity contribution in [1.29, 1.82) is 0 Å². The molecule has 0 spiro atoms. The molecule has 26 heavy (non-hydrogen) atoms. The van der Waals surface area contributed by atoms with Crippen LogP contribution in [0.3, 0.4) is 0 Å². The third kappa shape index (κ3) is 5.84. The normalized spacial score (nSPS) is 17.0. The quantitative estimate of drug-likeness (QED) is 0.789. The number of rotatable bonds is 6. The molecule has 1 heterocycles. The van der Waals surface area contributed by atoms with Gasteiger partial charge in [0.2, 0.25) is 11.8 Å². The Balaban J connectivity index is 1.77. The molecule has 2 amide bonds. The Hall–Kier alpha value is -1.34. The zero-order valence-corrected chi connectivity index (χ0v) is 17.0. The highest BCUT2D eigenvalue weighted by Gasteiger charge is 2.22. The van der Waals surface area contributed by atoms with E-state index in [2.05, 4.69) is 15.1 Å². The number of likely N-dealkylation sites (N-methyl/N-ethyl adjacent to an activating group) is 1. The molecule has 2 rings (SSSR count). The standard InChI is InChI=1S/C18H26Cl2N4O2/c1-13(18(26)22(2)3)21-16(25)12-24-9-7-23(8-10-24)11-14-5-4-6-15(19)17(14)20/h4-6,13H,7-12H2,1-3H3,(H,21,25). The third-order valence-electron chi connectivity index (χ3n) is 4.45. The van der Waals surface area contributed by atoms with Crippen molar-refractivity contribution >= 4 is 35.0 Å². The maximum Gasteiger partial charge on any atom is 0.244 e. The number of carbonyl (C=O) groups is 2. The predicted molar refractivity (Wildman–Crippen MR) is 104 cm³/mol. The van der Waals surface area contributed by atoms with Crippen LogP contribution in [0.1, 0.15) is 12.5 Å². The van der Waals surface area contributed by atoms with Crippen molar-refractivity contribution < 1.29 is 9.59 Å². The van der Waals surface area contributed by atoms with Gasteiger partial charge >= 0.3 is 0 Å². The smallest absolute Gasteiger partial charge is 0.244 e. The van der Waals surface area contributed by atoms with E-state index in [0.29, 0.717) is 16.6 Å². The molecule has 1 atom stereocenters. The van der Waals surface area contributed by atoms with Gasteiger partial charge in [-0.15, -0.1) is 0 Å². The molecule has 1 aromatic carbocycles. The number of hydrogen-bond donors (Lipinski definition) is 1. The molecule has 1 unspecified atom stereocenters. The first-order valence-electron chi connectivity index (χ1n) is 8.66. The Morgan fingerprint density at radius 3 is 2.38 bits per heavy atom. The highest BCUT2D eigenvalue weighted by molar-refractivity contribution is 6.42. The number of benzene rings is 1. The van der Waals surface area contributed by atoms with Gasteiger partial charge in [-0.05, 0) is 18.6 Å². The van der Waals surface area contributed by atoms with Crippen LogP contribution >= 0.6 is 23.2 Å². The molecule has 0 saturated carbocycles. The molecule has 1 N–H and O–H groups in total. The third-order valence-corrected chi connectivity index (χ3v) is 5.30. The van der Waals surface area contributed by atoms with Crippen LogP contribution in [0.5, 0.6) is 0 Å². The Labute approximate surface area is 165 Å². The maximum absolute atomic E-state index is 12.1. The molecular weight excluding hydrogens is 375 g/mol. The van der Waals surface area contributed by atoms with Crippen molar-refractivity contribution in [2.24, 2.45) is 0 Å². The number of nitrogens with zero attached hydrogens (tertiary/aromatic N) is 3. The molecule has 144 valence electrons. The van der Waals surface area contributed by atoms with E-state index in [1.54, 1.807) is 27.1 Å². The van der Waals surface area contributed by atoms with E-state index in [1.165, 1.54) is 4.90 Å². The van der Waals surface area contributed by atoms with Crippen LogP contribution in [0.2, 0.25) is 10.0 Å². The average Bonchev–Trinajstić information content (AvgIpc) is 2.59. The molecule has 0 bridgehead atoms. The molecule has 0 radical (unpaired) electrons. The molecular formula is C18H26Cl2N4O2. The van der Waals surface area contributed by atoms with Crippen LogP contribution in [-0.2, 0) is 16.1 Å². The summed E-state index contributed by atoms with van der Waals surface area (Å²) in [5, 5.41) is 3.93. The van der Waals surface area contributed by atoms with Gasteiger partial charge in [0.05, 0.1) is 16.6 Å². The van der Waals surface area contributed by atoms with Crippen LogP contribution in [0.4, 0.5) is 0 Å². The fraction of sp³-hybridized carbons (Fsp3) is 0.556. The summed E-state index contributed by atoms with van der Waals surface area (Å²) in [5.41, 5.74) is 1.02. The molecule has 1 aliphatic rings. The molecule has 6 nitrogen and oxygen atoms in total. The number of carbonyl (C=O) groups excluding carboxylic acids is 2. The van der Waals surface area contributed by atoms with E-state index in [-0.39, 0.29) is 11.8 Å². The van der Waals surface area contributed by atoms with E-state index < -0.39 is 6.04 Å². The summed E-state index contributed by atoms with van der Waals surface area (Å²) in [6.45, 7) is 6.03. The van der Waals surface area contributed by atoms with Gasteiger partial charge in [-0.25, -0.2) is 0 Å². The van der Waals surface area contributed by atoms with Crippen molar-refractivity contribution in [3.8, 4) is 0 Å². The zero-order chi connectivity index (χ0) is 19.3. The lowest BCUT2D eigenvalue weighted by molar-refractivity contribution is -0.134. The molecule has 0 aliphatic carbocycles. The van der Waals surface area contributed by atoms with E-state index in [0.717, 1.165) is 38.3 Å². The van der Waals surface area contributed by atoms with Crippen LogP contribution in [0.25, 0.3) is 0 Å². The first-order valence-corrected chi connectivity index (χ1v) is 9.41. The minimum absolute atomic E-state index is 0.110. The molecule has 1 aliphatic heterocycles. The molecule has 0 aromatic heterocycles. The lowest BCUT2D eigenvalue weighted by Crippen LogP contribution is -2.51. The SMILES string of the molecule is CC(NC(=O)CN1CCN(Cc2cccc(Cl)c2Cl)CC1)C(=O)N(C)C. The highest BCUT2D eigenvalue weighted by atomic mass is 35.5. The fourth-order valence-electron chi connectivity index (χ4n) is 2.96. The van der Waals surface area contributed by atoms with Gasteiger partial charge in [0, 0.05) is 46.8 Å². The van der Waals surface area contributed by atoms with Gasteiger partial charge in [-0.2, -0.15) is 0 Å². The monoisotopic (exact) mass is 400 g/mol. The Bertz CT molecular complexity index is 646. The van der Waals surface area contributed by atoms with E-state index in [4.69, 9.17) is 23.2 Å². The van der Waals surface area contributed by atoms with Crippen LogP contribution in [0, 0.1) is 0 Å². The van der Waals surface area contributed by atoms with Gasteiger partial charge < -0.3 is 10.2 Å². The van der Waals surface area contributed by atoms with Crippen molar-refractivity contribution in [3.05, 3.63) is 33.8 Å². The van der Waals surface area contributed by atoms with E-state index >= 15 is 0 Å². The molecule has 1 aromatic rings. The topological polar surface area (TPSA) is 55.9 Å². The Morgan fingerprint density at radius 1 is 1.15 bits per heavy atom. The number of amides is 2. The summed E-state index contributed by atoms with van der Waals surface area (Å²) in [6, 6.07) is 5.16. The van der Waals surface area contributed by atoms with Gasteiger partial charge in [0.1, 0.15) is 6.04 Å². The number of hydrogen-bond acceptors (Lipinski definition) is 4. The lowest BCUT2D eigenvalue weighted by atomic mass is 10.2. The first kappa shape index (κ1) is 21.0. The minimum Gasteiger partial charge on any atom is -0.347 e. The van der Waals surface area contributed by atoms with Crippen molar-refractivity contribution in [2.75, 3.05) is 46.8 Å². The number of piperazine rings is 1. The molecule has 1 fully saturated rings. The van der Waals surface area contributed by atoms with Gasteiger partial charge in [0.15, 0.2) is 0 Å². The molecule has 8 heteroatoms. The second-order valence-electron chi connectivity index (χ2n) is 6.79. The van der Waals surface area contributed by atoms with E-state index in [9.17, 15) is 9.59 Å². The van der Waals surface area contributed by atoms with Crippen LogP contribution < -0.4 is 5.32 Å². The summed E-state index contributed by atoms with van der Waals surface area (Å²) in [6.07, 6.45) is 0. The summed E-state index contributed by atoms with van der Waals surface area (Å²) in [7, 11) is 3.35. The second kappa shape index (κ2) is 9.55. The van der Waals surface area contributed by atoms with Gasteiger partial charge in [0.25, 0.3) is 0 Å². The summed E-state index contributed by atoms with van der Waals surface area (Å²) in [5.74, 6) is -0.236. The summed E-state index contributed by atoms with van der Waals surface area (Å²) < 4.78 is 0. The highest BCUT2D eigenvalue weighted by Crippen LogP contribution is 2.26. The Morgan fingerprint density at radius 2 is 1.77 bits per heavy atom. The second-order valence-corrected chi connectivity index (χ2v) is 7.57. The van der Waals surface area contributed by atoms with Crippen LogP contribution in [0.15, 0.2) is 18.2 Å². The summed E-state index contributed by atoms with van der Waals surface area (Å²) >= 11 is 12.3. The average molecular weight is 401 g/mol. The van der Waals surface area contributed by atoms with Crippen molar-refractivity contribution in [2.45, 2.75) is 19.5 Å². The van der Waals surface area contributed by atoms with Gasteiger partial charge in [-0.1, -0.05) is 35.3 Å². The lowest BCUT2D eigenvalue weighted by Gasteiger charge is -2.34. The van der Waals surface area contributed by atoms with Gasteiger partial charge in [-0.3, -0.25) is 19.4 Å².